The van der Waals surface area contributed by atoms with Crippen LogP contribution < -0.4 is 21.1 Å². The monoisotopic (exact) mass is 506 g/mol. The van der Waals surface area contributed by atoms with Crippen molar-refractivity contribution in [3.8, 4) is 11.8 Å². The Hall–Kier alpha value is -3.62. The Morgan fingerprint density at radius 2 is 1.75 bits per heavy atom. The number of rotatable bonds is 10. The molecule has 8 nitrogen and oxygen atoms in total. The summed E-state index contributed by atoms with van der Waals surface area (Å²) in [5.41, 5.74) is 7.31. The second-order valence-electron chi connectivity index (χ2n) is 8.60. The number of halogens is 3. The fraction of sp³-hybridized carbons (Fsp3) is 0.400. The molecule has 4 atom stereocenters. The molecule has 194 valence electrons. The highest BCUT2D eigenvalue weighted by atomic mass is 19.4. The lowest BCUT2D eigenvalue weighted by molar-refractivity contribution is -0.215. The fourth-order valence-corrected chi connectivity index (χ4v) is 3.52. The highest BCUT2D eigenvalue weighted by Gasteiger charge is 2.45. The molecule has 0 aliphatic rings. The molecule has 2 aromatic carbocycles. The number of hydrogen-bond acceptors (Lipinski definition) is 6. The van der Waals surface area contributed by atoms with Crippen LogP contribution in [0.1, 0.15) is 36.6 Å². The number of aliphatic hydroxyl groups is 1. The smallest absolute Gasteiger partial charge is 0.416 e. The molecule has 0 aliphatic heterocycles. The van der Waals surface area contributed by atoms with Crippen molar-refractivity contribution < 1.29 is 32.6 Å². The first-order valence-electron chi connectivity index (χ1n) is 11.1. The number of alkyl halides is 3. The molecule has 2 aromatic rings. The van der Waals surface area contributed by atoms with Crippen LogP contribution in [-0.4, -0.2) is 48.4 Å². The molecule has 11 heteroatoms. The van der Waals surface area contributed by atoms with Gasteiger partial charge < -0.3 is 26.2 Å². The molecule has 0 spiro atoms. The van der Waals surface area contributed by atoms with Gasteiger partial charge in [0.05, 0.1) is 30.8 Å². The van der Waals surface area contributed by atoms with E-state index in [1.165, 1.54) is 45.2 Å². The zero-order valence-corrected chi connectivity index (χ0v) is 20.0. The summed E-state index contributed by atoms with van der Waals surface area (Å²) in [4.78, 5) is 26.0. The number of benzene rings is 2. The number of nitrogens with two attached hydrogens (primary N) is 1. The van der Waals surface area contributed by atoms with E-state index >= 15 is 0 Å². The Bertz CT molecular complexity index is 1080. The number of methoxy groups -OCH3 is 1. The van der Waals surface area contributed by atoms with Gasteiger partial charge in [-0.3, -0.25) is 9.59 Å². The molecule has 0 aromatic heterocycles. The summed E-state index contributed by atoms with van der Waals surface area (Å²) in [5, 5.41) is 23.5. The van der Waals surface area contributed by atoms with E-state index in [-0.39, 0.29) is 12.0 Å². The Morgan fingerprint density at radius 1 is 1.11 bits per heavy atom. The first kappa shape index (κ1) is 28.6. The normalized spacial score (nSPS) is 14.8. The second kappa shape index (κ2) is 12.4. The number of amides is 2. The van der Waals surface area contributed by atoms with Crippen LogP contribution in [0.3, 0.4) is 0 Å². The van der Waals surface area contributed by atoms with Crippen molar-refractivity contribution in [2.24, 2.45) is 11.7 Å². The quantitative estimate of drug-likeness (QED) is 0.390. The van der Waals surface area contributed by atoms with Crippen LogP contribution in [-0.2, 0) is 16.0 Å². The number of carbonyl (C=O) groups is 2. The maximum atomic E-state index is 13.2. The highest BCUT2D eigenvalue weighted by molar-refractivity contribution is 5.90. The van der Waals surface area contributed by atoms with Crippen molar-refractivity contribution in [2.45, 2.75) is 50.7 Å². The summed E-state index contributed by atoms with van der Waals surface area (Å²) in [6.07, 6.45) is -7.70. The standard InChI is InChI=1S/C25H29F3N4O4/c1-14(2)20(22(33)25(26,27)28)31-24(35)21(17-7-9-18(36-3)10-8-17)32-23(34)19(30)12-15-5-4-6-16(11-15)13-29/h4-11,14,19-22,33H,12,30H2,1-3H3,(H,31,35)(H,32,34). The van der Waals surface area contributed by atoms with Crippen molar-refractivity contribution in [3.63, 3.8) is 0 Å². The molecule has 36 heavy (non-hydrogen) atoms. The SMILES string of the molecule is COc1ccc(C(NC(=O)C(N)Cc2cccc(C#N)c2)C(=O)NC(C(C)C)C(O)C(F)(F)F)cc1. The van der Waals surface area contributed by atoms with E-state index in [0.717, 1.165) is 0 Å². The molecule has 2 amide bonds. The largest absolute Gasteiger partial charge is 0.497 e. The molecule has 0 radical (unpaired) electrons. The van der Waals surface area contributed by atoms with Crippen molar-refractivity contribution in [2.75, 3.05) is 7.11 Å². The van der Waals surface area contributed by atoms with Gasteiger partial charge in [-0.05, 0) is 47.7 Å². The van der Waals surface area contributed by atoms with Crippen LogP contribution in [0.25, 0.3) is 0 Å². The van der Waals surface area contributed by atoms with Gasteiger partial charge in [0.25, 0.3) is 0 Å². The maximum Gasteiger partial charge on any atom is 0.416 e. The van der Waals surface area contributed by atoms with Gasteiger partial charge >= 0.3 is 6.18 Å². The molecule has 0 fully saturated rings. The number of nitrogens with one attached hydrogen (secondary N) is 2. The molecule has 0 saturated heterocycles. The summed E-state index contributed by atoms with van der Waals surface area (Å²) in [6.45, 7) is 2.85. The Kier molecular flexibility index (Phi) is 9.84. The van der Waals surface area contributed by atoms with E-state index in [9.17, 15) is 27.9 Å². The summed E-state index contributed by atoms with van der Waals surface area (Å²) < 4.78 is 44.6. The van der Waals surface area contributed by atoms with E-state index in [2.05, 4.69) is 10.6 Å². The minimum absolute atomic E-state index is 0.0553. The predicted molar refractivity (Wildman–Crippen MR) is 126 cm³/mol. The van der Waals surface area contributed by atoms with Crippen molar-refractivity contribution in [1.29, 1.82) is 5.26 Å². The number of ether oxygens (including phenoxy) is 1. The average Bonchev–Trinajstić information content (AvgIpc) is 2.84. The number of nitrogens with zero attached hydrogens (tertiary/aromatic N) is 1. The molecular weight excluding hydrogens is 477 g/mol. The number of carbonyl (C=O) groups excluding carboxylic acids is 2. The van der Waals surface area contributed by atoms with E-state index in [1.54, 1.807) is 24.3 Å². The van der Waals surface area contributed by atoms with Gasteiger partial charge in [-0.2, -0.15) is 18.4 Å². The molecule has 5 N–H and O–H groups in total. The van der Waals surface area contributed by atoms with Crippen molar-refractivity contribution >= 4 is 11.8 Å². The highest BCUT2D eigenvalue weighted by Crippen LogP contribution is 2.26. The predicted octanol–water partition coefficient (Wildman–Crippen LogP) is 2.36. The number of hydrogen-bond donors (Lipinski definition) is 4. The van der Waals surface area contributed by atoms with E-state index in [0.29, 0.717) is 16.9 Å². The molecule has 4 unspecified atom stereocenters. The van der Waals surface area contributed by atoms with Gasteiger partial charge in [-0.15, -0.1) is 0 Å². The minimum atomic E-state index is -4.96. The van der Waals surface area contributed by atoms with Crippen molar-refractivity contribution in [3.05, 3.63) is 65.2 Å². The third kappa shape index (κ3) is 7.69. The lowest BCUT2D eigenvalue weighted by atomic mass is 9.96. The third-order valence-electron chi connectivity index (χ3n) is 5.55. The van der Waals surface area contributed by atoms with Crippen LogP contribution in [0.5, 0.6) is 5.75 Å². The van der Waals surface area contributed by atoms with E-state index in [1.807, 2.05) is 6.07 Å². The summed E-state index contributed by atoms with van der Waals surface area (Å²) in [7, 11) is 1.44. The van der Waals surface area contributed by atoms with Gasteiger partial charge in [0.15, 0.2) is 6.10 Å². The minimum Gasteiger partial charge on any atom is -0.497 e. The maximum absolute atomic E-state index is 13.2. The van der Waals surface area contributed by atoms with Gasteiger partial charge in [-0.1, -0.05) is 38.1 Å². The summed E-state index contributed by atoms with van der Waals surface area (Å²) in [5.74, 6) is -1.99. The molecular formula is C25H29F3N4O4. The zero-order chi connectivity index (χ0) is 27.0. The summed E-state index contributed by atoms with van der Waals surface area (Å²) in [6, 6.07) is 10.3. The van der Waals surface area contributed by atoms with Crippen LogP contribution in [0.15, 0.2) is 48.5 Å². The van der Waals surface area contributed by atoms with Crippen molar-refractivity contribution in [1.82, 2.24) is 10.6 Å². The molecule has 2 rings (SSSR count). The van der Waals surface area contributed by atoms with Crippen LogP contribution in [0, 0.1) is 17.2 Å². The molecule has 0 heterocycles. The van der Waals surface area contributed by atoms with E-state index in [4.69, 9.17) is 15.7 Å². The van der Waals surface area contributed by atoms with Gasteiger partial charge in [0.1, 0.15) is 11.8 Å². The Morgan fingerprint density at radius 3 is 2.28 bits per heavy atom. The Labute approximate surface area is 207 Å². The number of nitriles is 1. The first-order valence-corrected chi connectivity index (χ1v) is 11.1. The lowest BCUT2D eigenvalue weighted by Crippen LogP contribution is -2.56. The third-order valence-corrected chi connectivity index (χ3v) is 5.55. The number of aliphatic hydroxyl groups excluding tert-OH is 1. The average molecular weight is 507 g/mol. The van der Waals surface area contributed by atoms with Crippen LogP contribution in [0.2, 0.25) is 0 Å². The fourth-order valence-electron chi connectivity index (χ4n) is 3.52. The van der Waals surface area contributed by atoms with Crippen LogP contribution >= 0.6 is 0 Å². The van der Waals surface area contributed by atoms with Gasteiger partial charge in [0, 0.05) is 0 Å². The Balaban J connectivity index is 2.29. The topological polar surface area (TPSA) is 137 Å². The molecule has 0 saturated carbocycles. The second-order valence-corrected chi connectivity index (χ2v) is 8.60. The summed E-state index contributed by atoms with van der Waals surface area (Å²) >= 11 is 0. The zero-order valence-electron chi connectivity index (χ0n) is 20.0. The molecule has 0 aliphatic carbocycles. The van der Waals surface area contributed by atoms with Gasteiger partial charge in [0.2, 0.25) is 11.8 Å². The first-order chi connectivity index (χ1) is 16.9. The molecule has 0 bridgehead atoms. The van der Waals surface area contributed by atoms with E-state index < -0.39 is 48.1 Å². The van der Waals surface area contributed by atoms with Crippen LogP contribution in [0.4, 0.5) is 13.2 Å². The lowest BCUT2D eigenvalue weighted by Gasteiger charge is -2.31. The van der Waals surface area contributed by atoms with Gasteiger partial charge in [-0.25, -0.2) is 0 Å².